The molecule has 2 rings (SSSR count). The Labute approximate surface area is 116 Å². The Morgan fingerprint density at radius 2 is 2.00 bits per heavy atom. The van der Waals surface area contributed by atoms with Gasteiger partial charge in [-0.1, -0.05) is 6.92 Å². The summed E-state index contributed by atoms with van der Waals surface area (Å²) in [7, 11) is 1.57. The van der Waals surface area contributed by atoms with Crippen molar-refractivity contribution in [1.29, 1.82) is 0 Å². The highest BCUT2D eigenvalue weighted by molar-refractivity contribution is 7.11. The number of aldehydes is 1. The van der Waals surface area contributed by atoms with Crippen molar-refractivity contribution >= 4 is 17.6 Å². The number of carbonyl (C=O) groups is 1. The summed E-state index contributed by atoms with van der Waals surface area (Å²) in [4.78, 5) is 13.5. The van der Waals surface area contributed by atoms with Gasteiger partial charge in [0.2, 0.25) is 0 Å². The largest absolute Gasteiger partial charge is 0.497 e. The lowest BCUT2D eigenvalue weighted by Gasteiger charge is -2.08. The van der Waals surface area contributed by atoms with E-state index in [1.54, 1.807) is 36.6 Å². The second-order valence-electron chi connectivity index (χ2n) is 4.03. The van der Waals surface area contributed by atoms with Crippen LogP contribution in [0.1, 0.15) is 27.0 Å². The molecule has 0 saturated carbocycles. The molecule has 0 spiro atoms. The van der Waals surface area contributed by atoms with Crippen LogP contribution in [-0.2, 0) is 13.0 Å². The predicted molar refractivity (Wildman–Crippen MR) is 76.4 cm³/mol. The summed E-state index contributed by atoms with van der Waals surface area (Å²) >= 11 is 1.74. The molecule has 0 aliphatic heterocycles. The lowest BCUT2D eigenvalue weighted by atomic mass is 10.2. The zero-order chi connectivity index (χ0) is 13.7. The van der Waals surface area contributed by atoms with Crippen molar-refractivity contribution in [3.05, 3.63) is 45.6 Å². The number of hydrogen-bond acceptors (Lipinski definition) is 4. The summed E-state index contributed by atoms with van der Waals surface area (Å²) in [5, 5.41) is 0. The number of benzene rings is 1. The number of carbonyl (C=O) groups excluding carboxylic acids is 1. The highest BCUT2D eigenvalue weighted by atomic mass is 32.1. The number of methoxy groups -OCH3 is 1. The Balaban J connectivity index is 2.08. The summed E-state index contributed by atoms with van der Waals surface area (Å²) in [6.07, 6.45) is 1.82. The van der Waals surface area contributed by atoms with Gasteiger partial charge in [-0.05, 0) is 36.8 Å². The summed E-state index contributed by atoms with van der Waals surface area (Å²) in [6.45, 7) is 2.61. The van der Waals surface area contributed by atoms with Crippen LogP contribution in [0.15, 0.2) is 30.3 Å². The second kappa shape index (κ2) is 6.38. The fourth-order valence-electron chi connectivity index (χ4n) is 1.72. The lowest BCUT2D eigenvalue weighted by Crippen LogP contribution is -1.97. The molecule has 3 nitrogen and oxygen atoms in total. The minimum atomic E-state index is 0.484. The lowest BCUT2D eigenvalue weighted by molar-refractivity contribution is 0.111. The zero-order valence-electron chi connectivity index (χ0n) is 11.0. The Kier molecular flexibility index (Phi) is 4.58. The number of aryl methyl sites for hydroxylation is 1. The van der Waals surface area contributed by atoms with E-state index in [1.807, 2.05) is 0 Å². The van der Waals surface area contributed by atoms with Gasteiger partial charge in [0, 0.05) is 9.75 Å². The highest BCUT2D eigenvalue weighted by Crippen LogP contribution is 2.25. The van der Waals surface area contributed by atoms with Gasteiger partial charge in [0.15, 0.2) is 6.29 Å². The van der Waals surface area contributed by atoms with Crippen LogP contribution in [0, 0.1) is 0 Å². The summed E-state index contributed by atoms with van der Waals surface area (Å²) in [5.74, 6) is 1.24. The first kappa shape index (κ1) is 13.6. The van der Waals surface area contributed by atoms with E-state index in [2.05, 4.69) is 19.1 Å². The molecule has 1 heterocycles. The third-order valence-corrected chi connectivity index (χ3v) is 3.98. The van der Waals surface area contributed by atoms with E-state index in [-0.39, 0.29) is 0 Å². The van der Waals surface area contributed by atoms with Gasteiger partial charge >= 0.3 is 0 Å². The van der Waals surface area contributed by atoms with Gasteiger partial charge in [-0.15, -0.1) is 11.3 Å². The molecule has 0 fully saturated rings. The molecule has 0 bridgehead atoms. The van der Waals surface area contributed by atoms with E-state index in [0.29, 0.717) is 23.7 Å². The molecule has 19 heavy (non-hydrogen) atoms. The van der Waals surface area contributed by atoms with Gasteiger partial charge in [0.05, 0.1) is 12.7 Å². The fourth-order valence-corrected chi connectivity index (χ4v) is 2.59. The molecule has 0 aliphatic rings. The van der Waals surface area contributed by atoms with Gasteiger partial charge in [-0.25, -0.2) is 0 Å². The van der Waals surface area contributed by atoms with Gasteiger partial charge < -0.3 is 9.47 Å². The third-order valence-electron chi connectivity index (χ3n) is 2.78. The topological polar surface area (TPSA) is 35.5 Å². The van der Waals surface area contributed by atoms with Gasteiger partial charge in [-0.2, -0.15) is 0 Å². The van der Waals surface area contributed by atoms with Crippen LogP contribution in [0.25, 0.3) is 0 Å². The Bertz CT molecular complexity index is 560. The third kappa shape index (κ3) is 3.35. The molecule has 100 valence electrons. The molecule has 1 aromatic heterocycles. The van der Waals surface area contributed by atoms with E-state index >= 15 is 0 Å². The highest BCUT2D eigenvalue weighted by Gasteiger charge is 2.06. The van der Waals surface area contributed by atoms with Crippen LogP contribution in [0.2, 0.25) is 0 Å². The van der Waals surface area contributed by atoms with E-state index in [4.69, 9.17) is 9.47 Å². The van der Waals surface area contributed by atoms with E-state index in [1.165, 1.54) is 4.88 Å². The van der Waals surface area contributed by atoms with Crippen molar-refractivity contribution in [3.8, 4) is 11.5 Å². The maximum absolute atomic E-state index is 11.0. The van der Waals surface area contributed by atoms with Crippen molar-refractivity contribution < 1.29 is 14.3 Å². The minimum Gasteiger partial charge on any atom is -0.497 e. The maximum Gasteiger partial charge on any atom is 0.153 e. The summed E-state index contributed by atoms with van der Waals surface area (Å²) in [5.41, 5.74) is 0.506. The minimum absolute atomic E-state index is 0.484. The van der Waals surface area contributed by atoms with Crippen LogP contribution in [0.4, 0.5) is 0 Å². The van der Waals surface area contributed by atoms with Crippen LogP contribution < -0.4 is 9.47 Å². The van der Waals surface area contributed by atoms with Gasteiger partial charge in [0.1, 0.15) is 18.1 Å². The number of thiophene rings is 1. The quantitative estimate of drug-likeness (QED) is 0.754. The van der Waals surface area contributed by atoms with Crippen molar-refractivity contribution in [1.82, 2.24) is 0 Å². The molecule has 0 aliphatic carbocycles. The summed E-state index contributed by atoms with van der Waals surface area (Å²) in [6, 6.07) is 9.39. The van der Waals surface area contributed by atoms with Crippen LogP contribution >= 0.6 is 11.3 Å². The van der Waals surface area contributed by atoms with Gasteiger partial charge in [0.25, 0.3) is 0 Å². The predicted octanol–water partition coefficient (Wildman–Crippen LogP) is 3.71. The second-order valence-corrected chi connectivity index (χ2v) is 5.28. The van der Waals surface area contributed by atoms with Gasteiger partial charge in [-0.3, -0.25) is 4.79 Å². The standard InChI is InChI=1S/C15H16O3S/c1-3-13-5-6-14(19-13)10-18-15-7-4-12(17-2)8-11(15)9-16/h4-9H,3,10H2,1-2H3. The Hall–Kier alpha value is -1.81. The number of ether oxygens (including phenoxy) is 2. The molecule has 0 amide bonds. The summed E-state index contributed by atoms with van der Waals surface area (Å²) < 4.78 is 10.8. The first-order valence-corrected chi connectivity index (χ1v) is 6.92. The number of rotatable bonds is 6. The molecule has 0 unspecified atom stereocenters. The molecule has 4 heteroatoms. The normalized spacial score (nSPS) is 10.2. The first-order chi connectivity index (χ1) is 9.26. The average Bonchev–Trinajstić information content (AvgIpc) is 2.92. The smallest absolute Gasteiger partial charge is 0.153 e. The molecular weight excluding hydrogens is 260 g/mol. The molecule has 2 aromatic rings. The maximum atomic E-state index is 11.0. The molecule has 0 atom stereocenters. The molecule has 1 aromatic carbocycles. The van der Waals surface area contributed by atoms with Crippen molar-refractivity contribution in [3.63, 3.8) is 0 Å². The first-order valence-electron chi connectivity index (χ1n) is 6.10. The zero-order valence-corrected chi connectivity index (χ0v) is 11.8. The van der Waals surface area contributed by atoms with Crippen LogP contribution in [-0.4, -0.2) is 13.4 Å². The fraction of sp³-hybridized carbons (Fsp3) is 0.267. The Morgan fingerprint density at radius 1 is 1.21 bits per heavy atom. The molecule has 0 radical (unpaired) electrons. The van der Waals surface area contributed by atoms with Crippen molar-refractivity contribution in [2.45, 2.75) is 20.0 Å². The van der Waals surface area contributed by atoms with Crippen molar-refractivity contribution in [2.24, 2.45) is 0 Å². The van der Waals surface area contributed by atoms with Crippen LogP contribution in [0.3, 0.4) is 0 Å². The average molecular weight is 276 g/mol. The Morgan fingerprint density at radius 3 is 2.63 bits per heavy atom. The van der Waals surface area contributed by atoms with E-state index < -0.39 is 0 Å². The SMILES string of the molecule is CCc1ccc(COc2ccc(OC)cc2C=O)s1. The number of hydrogen-bond donors (Lipinski definition) is 0. The van der Waals surface area contributed by atoms with Crippen molar-refractivity contribution in [2.75, 3.05) is 7.11 Å². The monoisotopic (exact) mass is 276 g/mol. The molecule has 0 saturated heterocycles. The van der Waals surface area contributed by atoms with E-state index in [9.17, 15) is 4.79 Å². The molecule has 0 N–H and O–H groups in total. The molecular formula is C15H16O3S. The van der Waals surface area contributed by atoms with Crippen LogP contribution in [0.5, 0.6) is 11.5 Å². The van der Waals surface area contributed by atoms with E-state index in [0.717, 1.165) is 17.6 Å².